The Balaban J connectivity index is 1.53. The molecular weight excluding hydrogens is 400 g/mol. The van der Waals surface area contributed by atoms with Crippen LogP contribution in [0.1, 0.15) is 21.9 Å². The van der Waals surface area contributed by atoms with Crippen LogP contribution in [-0.2, 0) is 19.5 Å². The van der Waals surface area contributed by atoms with Crippen LogP contribution in [0.2, 0.25) is 0 Å². The van der Waals surface area contributed by atoms with Gasteiger partial charge in [0.2, 0.25) is 0 Å². The SMILES string of the molecule is C=CCc1ccccc1OCCn1c(CN(C)C(=O)c2ccccn2)nc2ccccc21. The number of para-hydroxylation sites is 3. The lowest BCUT2D eigenvalue weighted by Gasteiger charge is -2.18. The van der Waals surface area contributed by atoms with Gasteiger partial charge in [0.05, 0.1) is 24.1 Å². The average Bonchev–Trinajstić information content (AvgIpc) is 3.17. The summed E-state index contributed by atoms with van der Waals surface area (Å²) in [6.07, 6.45) is 4.26. The summed E-state index contributed by atoms with van der Waals surface area (Å²) >= 11 is 0. The van der Waals surface area contributed by atoms with Gasteiger partial charge in [0, 0.05) is 13.2 Å². The summed E-state index contributed by atoms with van der Waals surface area (Å²) in [6.45, 7) is 5.30. The molecule has 2 heterocycles. The maximum atomic E-state index is 12.8. The zero-order chi connectivity index (χ0) is 22.3. The highest BCUT2D eigenvalue weighted by molar-refractivity contribution is 5.92. The second-order valence-electron chi connectivity index (χ2n) is 7.49. The minimum atomic E-state index is -0.140. The van der Waals surface area contributed by atoms with Crippen molar-refractivity contribution < 1.29 is 9.53 Å². The lowest BCUT2D eigenvalue weighted by atomic mass is 10.1. The number of pyridine rings is 1. The second kappa shape index (κ2) is 9.92. The quantitative estimate of drug-likeness (QED) is 0.370. The van der Waals surface area contributed by atoms with Crippen molar-refractivity contribution in [3.63, 3.8) is 0 Å². The van der Waals surface area contributed by atoms with Gasteiger partial charge in [-0.3, -0.25) is 9.78 Å². The van der Waals surface area contributed by atoms with Crippen molar-refractivity contribution in [2.24, 2.45) is 0 Å². The molecule has 0 aliphatic rings. The minimum absolute atomic E-state index is 0.140. The monoisotopic (exact) mass is 426 g/mol. The van der Waals surface area contributed by atoms with E-state index in [0.29, 0.717) is 25.4 Å². The predicted molar refractivity (Wildman–Crippen MR) is 126 cm³/mol. The Kier molecular flexibility index (Phi) is 6.60. The van der Waals surface area contributed by atoms with E-state index in [1.165, 1.54) is 0 Å². The zero-order valence-electron chi connectivity index (χ0n) is 18.1. The van der Waals surface area contributed by atoms with Crippen LogP contribution in [0.5, 0.6) is 5.75 Å². The molecule has 2 aromatic carbocycles. The van der Waals surface area contributed by atoms with Gasteiger partial charge in [0.25, 0.3) is 5.91 Å². The number of rotatable bonds is 9. The molecule has 0 bridgehead atoms. The molecule has 4 rings (SSSR count). The molecule has 0 aliphatic heterocycles. The maximum Gasteiger partial charge on any atom is 0.272 e. The summed E-state index contributed by atoms with van der Waals surface area (Å²) in [4.78, 5) is 23.4. The molecule has 0 atom stereocenters. The maximum absolute atomic E-state index is 12.8. The van der Waals surface area contributed by atoms with E-state index < -0.39 is 0 Å². The summed E-state index contributed by atoms with van der Waals surface area (Å²) < 4.78 is 8.22. The first kappa shape index (κ1) is 21.3. The number of allylic oxidation sites excluding steroid dienone is 1. The fourth-order valence-corrected chi connectivity index (χ4v) is 3.68. The lowest BCUT2D eigenvalue weighted by Crippen LogP contribution is -2.28. The standard InChI is InChI=1S/C26H26N4O2/c1-3-10-20-11-4-7-15-24(20)32-18-17-30-23-14-6-5-12-21(23)28-25(30)19-29(2)26(31)22-13-8-9-16-27-22/h3-9,11-16H,1,10,17-19H2,2H3. The summed E-state index contributed by atoms with van der Waals surface area (Å²) in [6, 6.07) is 21.3. The molecule has 6 heteroatoms. The third-order valence-corrected chi connectivity index (χ3v) is 5.25. The fraction of sp³-hybridized carbons (Fsp3) is 0.192. The van der Waals surface area contributed by atoms with E-state index in [4.69, 9.17) is 9.72 Å². The van der Waals surface area contributed by atoms with Crippen LogP contribution in [0.4, 0.5) is 0 Å². The van der Waals surface area contributed by atoms with Gasteiger partial charge in [0.15, 0.2) is 0 Å². The van der Waals surface area contributed by atoms with E-state index >= 15 is 0 Å². The van der Waals surface area contributed by atoms with Gasteiger partial charge in [-0.25, -0.2) is 4.98 Å². The van der Waals surface area contributed by atoms with Crippen LogP contribution >= 0.6 is 0 Å². The molecule has 0 unspecified atom stereocenters. The van der Waals surface area contributed by atoms with Crippen LogP contribution < -0.4 is 4.74 Å². The summed E-state index contributed by atoms with van der Waals surface area (Å²) in [5.41, 5.74) is 3.44. The van der Waals surface area contributed by atoms with Crippen molar-refractivity contribution in [2.45, 2.75) is 19.5 Å². The Morgan fingerprint density at radius 2 is 1.88 bits per heavy atom. The first-order valence-corrected chi connectivity index (χ1v) is 10.6. The first-order valence-electron chi connectivity index (χ1n) is 10.6. The van der Waals surface area contributed by atoms with E-state index in [0.717, 1.165) is 34.6 Å². The van der Waals surface area contributed by atoms with E-state index in [-0.39, 0.29) is 5.91 Å². The summed E-state index contributed by atoms with van der Waals surface area (Å²) in [5, 5.41) is 0. The number of amides is 1. The minimum Gasteiger partial charge on any atom is -0.491 e. The number of imidazole rings is 1. The number of aromatic nitrogens is 3. The van der Waals surface area contributed by atoms with E-state index in [1.807, 2.05) is 60.7 Å². The number of hydrogen-bond donors (Lipinski definition) is 0. The smallest absolute Gasteiger partial charge is 0.272 e. The number of carbonyl (C=O) groups excluding carboxylic acids is 1. The largest absolute Gasteiger partial charge is 0.491 e. The Labute approximate surface area is 187 Å². The van der Waals surface area contributed by atoms with Gasteiger partial charge in [-0.15, -0.1) is 6.58 Å². The van der Waals surface area contributed by atoms with Gasteiger partial charge in [0.1, 0.15) is 23.9 Å². The van der Waals surface area contributed by atoms with Crippen LogP contribution in [0.25, 0.3) is 11.0 Å². The Bertz CT molecular complexity index is 1220. The molecule has 0 saturated heterocycles. The zero-order valence-corrected chi connectivity index (χ0v) is 18.1. The van der Waals surface area contributed by atoms with Gasteiger partial charge >= 0.3 is 0 Å². The predicted octanol–water partition coefficient (Wildman–Crippen LogP) is 4.51. The van der Waals surface area contributed by atoms with Crippen molar-refractivity contribution in [1.82, 2.24) is 19.4 Å². The van der Waals surface area contributed by atoms with Crippen molar-refractivity contribution in [2.75, 3.05) is 13.7 Å². The molecule has 0 aliphatic carbocycles. The molecule has 0 N–H and O–H groups in total. The van der Waals surface area contributed by atoms with Crippen molar-refractivity contribution in [3.8, 4) is 5.75 Å². The number of ether oxygens (including phenoxy) is 1. The molecule has 2 aromatic heterocycles. The van der Waals surface area contributed by atoms with Crippen LogP contribution in [0.3, 0.4) is 0 Å². The average molecular weight is 427 g/mol. The highest BCUT2D eigenvalue weighted by Gasteiger charge is 2.17. The lowest BCUT2D eigenvalue weighted by molar-refractivity contribution is 0.0774. The second-order valence-corrected chi connectivity index (χ2v) is 7.49. The van der Waals surface area contributed by atoms with Crippen molar-refractivity contribution in [1.29, 1.82) is 0 Å². The Morgan fingerprint density at radius 3 is 2.69 bits per heavy atom. The molecule has 0 fully saturated rings. The molecule has 1 amide bonds. The number of fused-ring (bicyclic) bond motifs is 1. The Hall–Kier alpha value is -3.93. The van der Waals surface area contributed by atoms with Crippen LogP contribution in [0, 0.1) is 0 Å². The normalized spacial score (nSPS) is 10.8. The molecule has 4 aromatic rings. The fourth-order valence-electron chi connectivity index (χ4n) is 3.68. The molecule has 6 nitrogen and oxygen atoms in total. The number of nitrogens with zero attached hydrogens (tertiary/aromatic N) is 4. The molecule has 162 valence electrons. The first-order chi connectivity index (χ1) is 15.7. The van der Waals surface area contributed by atoms with Crippen molar-refractivity contribution >= 4 is 16.9 Å². The van der Waals surface area contributed by atoms with Gasteiger partial charge in [-0.1, -0.05) is 42.5 Å². The molecule has 0 saturated carbocycles. The summed E-state index contributed by atoms with van der Waals surface area (Å²) in [5.74, 6) is 1.53. The highest BCUT2D eigenvalue weighted by atomic mass is 16.5. The highest BCUT2D eigenvalue weighted by Crippen LogP contribution is 2.21. The number of carbonyl (C=O) groups is 1. The van der Waals surface area contributed by atoms with Crippen molar-refractivity contribution in [3.05, 3.63) is 103 Å². The van der Waals surface area contributed by atoms with E-state index in [2.05, 4.69) is 16.1 Å². The van der Waals surface area contributed by atoms with E-state index in [9.17, 15) is 4.79 Å². The van der Waals surface area contributed by atoms with Crippen LogP contribution in [-0.4, -0.2) is 39.0 Å². The number of hydrogen-bond acceptors (Lipinski definition) is 4. The van der Waals surface area contributed by atoms with Gasteiger partial charge in [-0.2, -0.15) is 0 Å². The number of benzene rings is 2. The van der Waals surface area contributed by atoms with E-state index in [1.54, 1.807) is 30.3 Å². The molecule has 0 radical (unpaired) electrons. The Morgan fingerprint density at radius 1 is 1.09 bits per heavy atom. The van der Waals surface area contributed by atoms with Gasteiger partial charge < -0.3 is 14.2 Å². The van der Waals surface area contributed by atoms with Gasteiger partial charge in [-0.05, 0) is 42.3 Å². The third kappa shape index (κ3) is 4.70. The molecule has 0 spiro atoms. The molecule has 32 heavy (non-hydrogen) atoms. The van der Waals surface area contributed by atoms with Crippen LogP contribution in [0.15, 0.2) is 85.6 Å². The third-order valence-electron chi connectivity index (χ3n) is 5.25. The topological polar surface area (TPSA) is 60.2 Å². The molecular formula is C26H26N4O2. The summed E-state index contributed by atoms with van der Waals surface area (Å²) in [7, 11) is 1.77.